The Labute approximate surface area is 153 Å². The molecule has 0 aromatic rings. The van der Waals surface area contributed by atoms with Crippen LogP contribution in [0, 0.1) is 17.3 Å². The standard InChI is InChI=1S/C21H36O2S/c1-5-6-7-8-14-11-18(22)21(4)17-13-15(24)9-10-16(17)20(2,3)23-19(21)12-14/h13-16,18-19,22,24H,5-12H2,1-4H3. The van der Waals surface area contributed by atoms with Crippen molar-refractivity contribution >= 4 is 12.6 Å². The Morgan fingerprint density at radius 3 is 2.67 bits per heavy atom. The minimum Gasteiger partial charge on any atom is -0.392 e. The molecule has 0 aromatic heterocycles. The molecule has 3 heteroatoms. The number of thiol groups is 1. The number of fused-ring (bicyclic) bond motifs is 3. The molecule has 1 saturated carbocycles. The molecule has 6 unspecified atom stereocenters. The molecule has 138 valence electrons. The van der Waals surface area contributed by atoms with Crippen LogP contribution in [0.5, 0.6) is 0 Å². The Balaban J connectivity index is 1.86. The van der Waals surface area contributed by atoms with Gasteiger partial charge in [0.15, 0.2) is 0 Å². The van der Waals surface area contributed by atoms with Crippen molar-refractivity contribution < 1.29 is 9.84 Å². The summed E-state index contributed by atoms with van der Waals surface area (Å²) < 4.78 is 6.67. The summed E-state index contributed by atoms with van der Waals surface area (Å²) in [6, 6.07) is 0. The van der Waals surface area contributed by atoms with E-state index in [4.69, 9.17) is 17.4 Å². The van der Waals surface area contributed by atoms with E-state index in [0.29, 0.717) is 17.1 Å². The molecular formula is C21H36O2S. The zero-order chi connectivity index (χ0) is 17.5. The molecule has 1 saturated heterocycles. The minimum atomic E-state index is -0.286. The maximum absolute atomic E-state index is 11.1. The van der Waals surface area contributed by atoms with Gasteiger partial charge in [-0.25, -0.2) is 0 Å². The predicted molar refractivity (Wildman–Crippen MR) is 104 cm³/mol. The van der Waals surface area contributed by atoms with Crippen molar-refractivity contribution in [2.45, 2.75) is 102 Å². The maximum atomic E-state index is 11.1. The lowest BCUT2D eigenvalue weighted by Crippen LogP contribution is -2.61. The number of aliphatic hydroxyl groups is 1. The topological polar surface area (TPSA) is 29.5 Å². The van der Waals surface area contributed by atoms with Gasteiger partial charge < -0.3 is 9.84 Å². The molecule has 0 amide bonds. The highest BCUT2D eigenvalue weighted by molar-refractivity contribution is 7.81. The lowest BCUT2D eigenvalue weighted by Gasteiger charge is -2.60. The highest BCUT2D eigenvalue weighted by Crippen LogP contribution is 2.58. The van der Waals surface area contributed by atoms with Crippen molar-refractivity contribution in [2.75, 3.05) is 0 Å². The summed E-state index contributed by atoms with van der Waals surface area (Å²) in [5.74, 6) is 1.03. The molecule has 2 nitrogen and oxygen atoms in total. The number of hydrogen-bond donors (Lipinski definition) is 2. The summed E-state index contributed by atoms with van der Waals surface area (Å²) in [5.41, 5.74) is 1.09. The van der Waals surface area contributed by atoms with E-state index >= 15 is 0 Å². The van der Waals surface area contributed by atoms with Gasteiger partial charge in [0.2, 0.25) is 0 Å². The minimum absolute atomic E-state index is 0.130. The smallest absolute Gasteiger partial charge is 0.0700 e. The van der Waals surface area contributed by atoms with Crippen molar-refractivity contribution in [2.24, 2.45) is 17.3 Å². The van der Waals surface area contributed by atoms with Gasteiger partial charge in [0.25, 0.3) is 0 Å². The van der Waals surface area contributed by atoms with Crippen LogP contribution in [0.3, 0.4) is 0 Å². The number of rotatable bonds is 4. The molecule has 3 aliphatic rings. The Kier molecular flexibility index (Phi) is 5.45. The summed E-state index contributed by atoms with van der Waals surface area (Å²) in [5, 5.41) is 11.5. The number of hydrogen-bond acceptors (Lipinski definition) is 3. The van der Waals surface area contributed by atoms with Crippen LogP contribution in [0.15, 0.2) is 11.6 Å². The summed E-state index contributed by atoms with van der Waals surface area (Å²) >= 11 is 4.73. The fourth-order valence-corrected chi connectivity index (χ4v) is 5.82. The molecule has 24 heavy (non-hydrogen) atoms. The largest absolute Gasteiger partial charge is 0.392 e. The van der Waals surface area contributed by atoms with Crippen LogP contribution in [0.25, 0.3) is 0 Å². The van der Waals surface area contributed by atoms with Gasteiger partial charge in [-0.15, -0.1) is 0 Å². The van der Waals surface area contributed by atoms with Gasteiger partial charge in [-0.05, 0) is 45.4 Å². The molecule has 6 atom stereocenters. The van der Waals surface area contributed by atoms with Crippen molar-refractivity contribution in [1.82, 2.24) is 0 Å². The van der Waals surface area contributed by atoms with Gasteiger partial charge in [0.05, 0.1) is 17.8 Å². The van der Waals surface area contributed by atoms with Crippen molar-refractivity contribution in [3.63, 3.8) is 0 Å². The van der Waals surface area contributed by atoms with Crippen molar-refractivity contribution in [3.05, 3.63) is 11.6 Å². The lowest BCUT2D eigenvalue weighted by molar-refractivity contribution is -0.217. The predicted octanol–water partition coefficient (Wildman–Crippen LogP) is 5.16. The molecule has 1 aliphatic heterocycles. The summed E-state index contributed by atoms with van der Waals surface area (Å²) in [7, 11) is 0. The molecule has 1 heterocycles. The average molecular weight is 353 g/mol. The third-order valence-corrected chi connectivity index (χ3v) is 7.49. The van der Waals surface area contributed by atoms with E-state index in [1.165, 1.54) is 31.3 Å². The summed E-state index contributed by atoms with van der Waals surface area (Å²) in [4.78, 5) is 0. The third kappa shape index (κ3) is 3.21. The monoisotopic (exact) mass is 352 g/mol. The molecule has 0 bridgehead atoms. The first-order valence-corrected chi connectivity index (χ1v) is 10.6. The van der Waals surface area contributed by atoms with Crippen LogP contribution in [-0.2, 0) is 4.74 Å². The van der Waals surface area contributed by atoms with E-state index in [-0.39, 0.29) is 23.2 Å². The van der Waals surface area contributed by atoms with Gasteiger partial charge in [0, 0.05) is 16.6 Å². The number of ether oxygens (including phenoxy) is 1. The summed E-state index contributed by atoms with van der Waals surface area (Å²) in [6.45, 7) is 9.00. The van der Waals surface area contributed by atoms with E-state index < -0.39 is 0 Å². The fourth-order valence-electron chi connectivity index (χ4n) is 5.51. The second-order valence-corrected chi connectivity index (χ2v) is 9.82. The van der Waals surface area contributed by atoms with Crippen LogP contribution in [0.1, 0.15) is 79.1 Å². The first-order valence-electron chi connectivity index (χ1n) is 10.0. The van der Waals surface area contributed by atoms with E-state index in [1.54, 1.807) is 0 Å². The van der Waals surface area contributed by atoms with E-state index in [2.05, 4.69) is 33.8 Å². The average Bonchev–Trinajstić information content (AvgIpc) is 2.50. The second-order valence-electron chi connectivity index (χ2n) is 9.16. The quantitative estimate of drug-likeness (QED) is 0.416. The van der Waals surface area contributed by atoms with Gasteiger partial charge in [-0.3, -0.25) is 0 Å². The molecular weight excluding hydrogens is 316 g/mol. The van der Waals surface area contributed by atoms with E-state index in [0.717, 1.165) is 25.7 Å². The van der Waals surface area contributed by atoms with Crippen LogP contribution in [-0.4, -0.2) is 28.2 Å². The molecule has 0 aromatic carbocycles. The highest BCUT2D eigenvalue weighted by Gasteiger charge is 2.58. The zero-order valence-corrected chi connectivity index (χ0v) is 16.8. The Morgan fingerprint density at radius 2 is 1.96 bits per heavy atom. The Hall–Kier alpha value is 0.01000. The maximum Gasteiger partial charge on any atom is 0.0700 e. The summed E-state index contributed by atoms with van der Waals surface area (Å²) in [6.07, 6.45) is 11.6. The molecule has 2 aliphatic carbocycles. The fraction of sp³-hybridized carbons (Fsp3) is 0.905. The van der Waals surface area contributed by atoms with Gasteiger partial charge in [-0.2, -0.15) is 12.6 Å². The van der Waals surface area contributed by atoms with Gasteiger partial charge >= 0.3 is 0 Å². The molecule has 0 radical (unpaired) electrons. The molecule has 1 N–H and O–H groups in total. The van der Waals surface area contributed by atoms with E-state index in [1.807, 2.05) is 0 Å². The lowest BCUT2D eigenvalue weighted by atomic mass is 9.55. The van der Waals surface area contributed by atoms with E-state index in [9.17, 15) is 5.11 Å². The van der Waals surface area contributed by atoms with Gasteiger partial charge in [0.1, 0.15) is 0 Å². The van der Waals surface area contributed by atoms with Crippen LogP contribution >= 0.6 is 12.6 Å². The molecule has 3 rings (SSSR count). The molecule has 0 spiro atoms. The zero-order valence-electron chi connectivity index (χ0n) is 15.9. The normalized spacial score (nSPS) is 44.4. The number of unbranched alkanes of at least 4 members (excludes halogenated alkanes) is 2. The molecule has 2 fully saturated rings. The third-order valence-electron chi connectivity index (χ3n) is 7.09. The van der Waals surface area contributed by atoms with Crippen molar-refractivity contribution in [1.29, 1.82) is 0 Å². The van der Waals surface area contributed by atoms with Crippen LogP contribution in [0.4, 0.5) is 0 Å². The van der Waals surface area contributed by atoms with Gasteiger partial charge in [-0.1, -0.05) is 51.2 Å². The first kappa shape index (κ1) is 18.8. The SMILES string of the molecule is CCCCCC1CC(O)C2(C)C3=CC(S)CCC3C(C)(C)OC2C1. The Morgan fingerprint density at radius 1 is 1.21 bits per heavy atom. The van der Waals surface area contributed by atoms with Crippen LogP contribution < -0.4 is 0 Å². The second kappa shape index (κ2) is 6.96. The Bertz CT molecular complexity index is 486. The van der Waals surface area contributed by atoms with Crippen LogP contribution in [0.2, 0.25) is 0 Å². The van der Waals surface area contributed by atoms with Crippen molar-refractivity contribution in [3.8, 4) is 0 Å². The highest BCUT2D eigenvalue weighted by atomic mass is 32.1. The first-order chi connectivity index (χ1) is 11.3. The number of aliphatic hydroxyl groups excluding tert-OH is 1.